The molecule has 0 bridgehead atoms. The molecule has 4 nitrogen and oxygen atoms in total. The highest BCUT2D eigenvalue weighted by Gasteiger charge is 2.39. The Morgan fingerprint density at radius 1 is 1.00 bits per heavy atom. The van der Waals surface area contributed by atoms with Crippen molar-refractivity contribution in [3.63, 3.8) is 0 Å². The molecule has 1 aliphatic carbocycles. The van der Waals surface area contributed by atoms with Crippen LogP contribution in [0, 0.1) is 0 Å². The van der Waals surface area contributed by atoms with Gasteiger partial charge in [0.15, 0.2) is 5.78 Å². The summed E-state index contributed by atoms with van der Waals surface area (Å²) in [5.41, 5.74) is 3.15. The van der Waals surface area contributed by atoms with Gasteiger partial charge in [-0.15, -0.1) is 0 Å². The fourth-order valence-electron chi connectivity index (χ4n) is 4.13. The second-order valence-electron chi connectivity index (χ2n) is 7.14. The molecule has 0 fully saturated rings. The zero-order valence-corrected chi connectivity index (χ0v) is 16.8. The first-order chi connectivity index (χ1) is 13.5. The maximum absolute atomic E-state index is 13.1. The maximum Gasteiger partial charge on any atom is 0.225 e. The molecule has 1 heterocycles. The van der Waals surface area contributed by atoms with Gasteiger partial charge in [0.05, 0.1) is 17.2 Å². The van der Waals surface area contributed by atoms with Gasteiger partial charge in [0, 0.05) is 30.0 Å². The van der Waals surface area contributed by atoms with Crippen molar-refractivity contribution in [3.8, 4) is 5.75 Å². The number of ether oxygens (including phenoxy) is 1. The van der Waals surface area contributed by atoms with Crippen LogP contribution in [-0.4, -0.2) is 18.8 Å². The second kappa shape index (κ2) is 7.61. The minimum atomic E-state index is -0.362. The SMILES string of the molecule is COc1ccc(C2CC(=O)C3=C(C2)NC(=O)CC3c2cccc(Cl)c2Cl)cc1. The molecule has 0 aromatic heterocycles. The highest BCUT2D eigenvalue weighted by Crippen LogP contribution is 2.45. The third kappa shape index (κ3) is 3.43. The standard InChI is InChI=1S/C22H19Cl2NO3/c1-28-14-7-5-12(6-8-14)13-9-18-21(19(26)10-13)16(11-20(27)25-18)15-3-2-4-17(23)22(15)24/h2-8,13,16H,9-11H2,1H3,(H,25,27). The first kappa shape index (κ1) is 19.0. The average molecular weight is 416 g/mol. The Hall–Kier alpha value is -2.30. The van der Waals surface area contributed by atoms with Gasteiger partial charge in [0.2, 0.25) is 5.91 Å². The number of ketones is 1. The zero-order valence-electron chi connectivity index (χ0n) is 15.3. The number of rotatable bonds is 3. The number of halogens is 2. The van der Waals surface area contributed by atoms with Crippen LogP contribution in [0.25, 0.3) is 0 Å². The van der Waals surface area contributed by atoms with E-state index in [2.05, 4.69) is 5.32 Å². The number of carbonyl (C=O) groups excluding carboxylic acids is 2. The van der Waals surface area contributed by atoms with Gasteiger partial charge in [0.1, 0.15) is 5.75 Å². The van der Waals surface area contributed by atoms with E-state index >= 15 is 0 Å². The van der Waals surface area contributed by atoms with Gasteiger partial charge in [-0.05, 0) is 41.7 Å². The summed E-state index contributed by atoms with van der Waals surface area (Å²) in [6.45, 7) is 0. The van der Waals surface area contributed by atoms with E-state index in [0.717, 1.165) is 16.9 Å². The largest absolute Gasteiger partial charge is 0.497 e. The van der Waals surface area contributed by atoms with Crippen LogP contribution >= 0.6 is 23.2 Å². The smallest absolute Gasteiger partial charge is 0.225 e. The van der Waals surface area contributed by atoms with E-state index in [1.54, 1.807) is 19.2 Å². The fraction of sp³-hybridized carbons (Fsp3) is 0.273. The van der Waals surface area contributed by atoms with Gasteiger partial charge in [-0.1, -0.05) is 47.5 Å². The third-order valence-electron chi connectivity index (χ3n) is 5.48. The number of hydrogen-bond donors (Lipinski definition) is 1. The molecule has 1 amide bonds. The molecule has 4 rings (SSSR count). The predicted molar refractivity (Wildman–Crippen MR) is 109 cm³/mol. The quantitative estimate of drug-likeness (QED) is 0.766. The molecule has 2 aromatic carbocycles. The third-order valence-corrected chi connectivity index (χ3v) is 6.31. The summed E-state index contributed by atoms with van der Waals surface area (Å²) in [6.07, 6.45) is 1.20. The number of nitrogens with one attached hydrogen (secondary N) is 1. The monoisotopic (exact) mass is 415 g/mol. The van der Waals surface area contributed by atoms with Crippen LogP contribution in [0.5, 0.6) is 5.75 Å². The van der Waals surface area contributed by atoms with Crippen LogP contribution in [0.4, 0.5) is 0 Å². The number of amides is 1. The molecular formula is C22H19Cl2NO3. The normalized spacial score (nSPS) is 22.0. The van der Waals surface area contributed by atoms with E-state index in [0.29, 0.717) is 34.2 Å². The first-order valence-electron chi connectivity index (χ1n) is 9.12. The minimum Gasteiger partial charge on any atom is -0.497 e. The molecule has 2 atom stereocenters. The highest BCUT2D eigenvalue weighted by atomic mass is 35.5. The summed E-state index contributed by atoms with van der Waals surface area (Å²) >= 11 is 12.6. The Morgan fingerprint density at radius 3 is 2.46 bits per heavy atom. The van der Waals surface area contributed by atoms with Crippen molar-refractivity contribution in [1.82, 2.24) is 5.32 Å². The Bertz CT molecular complexity index is 982. The van der Waals surface area contributed by atoms with Crippen molar-refractivity contribution in [2.75, 3.05) is 7.11 Å². The van der Waals surface area contributed by atoms with Gasteiger partial charge in [0.25, 0.3) is 0 Å². The Kier molecular flexibility index (Phi) is 5.17. The van der Waals surface area contributed by atoms with Crippen LogP contribution < -0.4 is 10.1 Å². The van der Waals surface area contributed by atoms with E-state index in [1.807, 2.05) is 30.3 Å². The van der Waals surface area contributed by atoms with E-state index < -0.39 is 0 Å². The Labute approximate surface area is 173 Å². The van der Waals surface area contributed by atoms with Gasteiger partial charge in [-0.2, -0.15) is 0 Å². The molecule has 1 N–H and O–H groups in total. The van der Waals surface area contributed by atoms with Crippen molar-refractivity contribution >= 4 is 34.9 Å². The summed E-state index contributed by atoms with van der Waals surface area (Å²) in [4.78, 5) is 25.5. The summed E-state index contributed by atoms with van der Waals surface area (Å²) in [7, 11) is 1.62. The fourth-order valence-corrected chi connectivity index (χ4v) is 4.57. The average Bonchev–Trinajstić information content (AvgIpc) is 2.69. The molecule has 6 heteroatoms. The molecule has 2 aliphatic rings. The van der Waals surface area contributed by atoms with E-state index in [9.17, 15) is 9.59 Å². The summed E-state index contributed by atoms with van der Waals surface area (Å²) in [5, 5.41) is 3.75. The molecular weight excluding hydrogens is 397 g/mol. The van der Waals surface area contributed by atoms with Gasteiger partial charge >= 0.3 is 0 Å². The van der Waals surface area contributed by atoms with Gasteiger partial charge in [-0.25, -0.2) is 0 Å². The van der Waals surface area contributed by atoms with Crippen molar-refractivity contribution in [1.29, 1.82) is 0 Å². The Balaban J connectivity index is 1.71. The maximum atomic E-state index is 13.1. The minimum absolute atomic E-state index is 0.0195. The van der Waals surface area contributed by atoms with Crippen LogP contribution in [-0.2, 0) is 9.59 Å². The molecule has 2 unspecified atom stereocenters. The molecule has 0 radical (unpaired) electrons. The van der Waals surface area contributed by atoms with Crippen molar-refractivity contribution in [2.24, 2.45) is 0 Å². The lowest BCUT2D eigenvalue weighted by atomic mass is 9.73. The van der Waals surface area contributed by atoms with Crippen molar-refractivity contribution in [2.45, 2.75) is 31.1 Å². The van der Waals surface area contributed by atoms with Crippen LogP contribution in [0.1, 0.15) is 42.2 Å². The first-order valence-corrected chi connectivity index (χ1v) is 9.87. The molecule has 0 saturated carbocycles. The van der Waals surface area contributed by atoms with Gasteiger partial charge < -0.3 is 10.1 Å². The van der Waals surface area contributed by atoms with E-state index in [-0.39, 0.29) is 29.9 Å². The number of hydrogen-bond acceptors (Lipinski definition) is 3. The van der Waals surface area contributed by atoms with Crippen LogP contribution in [0.15, 0.2) is 53.7 Å². The van der Waals surface area contributed by atoms with Crippen LogP contribution in [0.3, 0.4) is 0 Å². The van der Waals surface area contributed by atoms with Crippen LogP contribution in [0.2, 0.25) is 10.0 Å². The van der Waals surface area contributed by atoms with Gasteiger partial charge in [-0.3, -0.25) is 9.59 Å². The number of allylic oxidation sites excluding steroid dienone is 2. The highest BCUT2D eigenvalue weighted by molar-refractivity contribution is 6.42. The van der Waals surface area contributed by atoms with E-state index in [4.69, 9.17) is 27.9 Å². The molecule has 0 spiro atoms. The molecule has 2 aromatic rings. The number of methoxy groups -OCH3 is 1. The number of benzene rings is 2. The van der Waals surface area contributed by atoms with Crippen molar-refractivity contribution < 1.29 is 14.3 Å². The van der Waals surface area contributed by atoms with E-state index in [1.165, 1.54) is 0 Å². The number of carbonyl (C=O) groups is 2. The molecule has 0 saturated heterocycles. The Morgan fingerprint density at radius 2 is 1.75 bits per heavy atom. The lowest BCUT2D eigenvalue weighted by molar-refractivity contribution is -0.122. The lowest BCUT2D eigenvalue weighted by Crippen LogP contribution is -2.38. The summed E-state index contributed by atoms with van der Waals surface area (Å²) in [5.74, 6) is 0.365. The molecule has 144 valence electrons. The molecule has 28 heavy (non-hydrogen) atoms. The zero-order chi connectivity index (χ0) is 19.8. The predicted octanol–water partition coefficient (Wildman–Crippen LogP) is 5.01. The summed E-state index contributed by atoms with van der Waals surface area (Å²) < 4.78 is 5.20. The summed E-state index contributed by atoms with van der Waals surface area (Å²) in [6, 6.07) is 13.1. The van der Waals surface area contributed by atoms with Crippen molar-refractivity contribution in [3.05, 3.63) is 74.9 Å². The molecule has 1 aliphatic heterocycles. The second-order valence-corrected chi connectivity index (χ2v) is 7.93. The topological polar surface area (TPSA) is 55.4 Å². The number of Topliss-reactive ketones (excluding diaryl/α,β-unsaturated/α-hetero) is 1. The lowest BCUT2D eigenvalue weighted by Gasteiger charge is -2.34.